The van der Waals surface area contributed by atoms with Gasteiger partial charge < -0.3 is 4.90 Å². The Labute approximate surface area is 126 Å². The van der Waals surface area contributed by atoms with Gasteiger partial charge in [-0.25, -0.2) is 9.13 Å². The molecule has 0 aliphatic carbocycles. The Morgan fingerprint density at radius 1 is 1.29 bits per heavy atom. The summed E-state index contributed by atoms with van der Waals surface area (Å²) in [6.07, 6.45) is 0. The molecule has 0 radical (unpaired) electrons. The zero-order valence-corrected chi connectivity index (χ0v) is 13.2. The molecule has 5 nitrogen and oxygen atoms in total. The van der Waals surface area contributed by atoms with Crippen LogP contribution in [0.5, 0.6) is 0 Å². The number of nitrogen functional groups attached to an aromatic ring is 1. The SMILES string of the molecule is CCN(CC)CCn1c(N)[n+](CC(C)=O)c2ccccc21. The third-order valence-electron chi connectivity index (χ3n) is 3.93. The summed E-state index contributed by atoms with van der Waals surface area (Å²) in [5, 5.41) is 0. The van der Waals surface area contributed by atoms with Crippen molar-refractivity contribution in [1.82, 2.24) is 9.47 Å². The first-order valence-corrected chi connectivity index (χ1v) is 7.56. The van der Waals surface area contributed by atoms with E-state index in [4.69, 9.17) is 5.73 Å². The Hall–Kier alpha value is -1.88. The third-order valence-corrected chi connectivity index (χ3v) is 3.93. The number of imidazole rings is 1. The Morgan fingerprint density at radius 3 is 2.57 bits per heavy atom. The van der Waals surface area contributed by atoms with Gasteiger partial charge in [0.25, 0.3) is 0 Å². The fourth-order valence-electron chi connectivity index (χ4n) is 2.72. The molecule has 0 spiro atoms. The van der Waals surface area contributed by atoms with Crippen LogP contribution in [0.25, 0.3) is 11.0 Å². The van der Waals surface area contributed by atoms with Crippen molar-refractivity contribution in [2.75, 3.05) is 25.4 Å². The highest BCUT2D eigenvalue weighted by Gasteiger charge is 2.21. The summed E-state index contributed by atoms with van der Waals surface area (Å²) in [7, 11) is 0. The average molecular weight is 289 g/mol. The summed E-state index contributed by atoms with van der Waals surface area (Å²) in [4.78, 5) is 13.8. The van der Waals surface area contributed by atoms with Crippen LogP contribution in [0.15, 0.2) is 24.3 Å². The van der Waals surface area contributed by atoms with E-state index in [1.165, 1.54) is 0 Å². The summed E-state index contributed by atoms with van der Waals surface area (Å²) >= 11 is 0. The highest BCUT2D eigenvalue weighted by molar-refractivity contribution is 5.77. The predicted octanol–water partition coefficient (Wildman–Crippen LogP) is 1.44. The molecule has 1 heterocycles. The molecule has 0 aliphatic rings. The Balaban J connectivity index is 2.38. The van der Waals surface area contributed by atoms with Crippen molar-refractivity contribution in [2.24, 2.45) is 0 Å². The number of aromatic nitrogens is 2. The van der Waals surface area contributed by atoms with E-state index in [0.717, 1.165) is 37.2 Å². The number of hydrogen-bond donors (Lipinski definition) is 1. The monoisotopic (exact) mass is 289 g/mol. The number of carbonyl (C=O) groups excluding carboxylic acids is 1. The van der Waals surface area contributed by atoms with Gasteiger partial charge in [-0.1, -0.05) is 26.0 Å². The third kappa shape index (κ3) is 3.24. The van der Waals surface area contributed by atoms with Crippen molar-refractivity contribution in [3.8, 4) is 0 Å². The molecule has 5 heteroatoms. The van der Waals surface area contributed by atoms with Crippen molar-refractivity contribution < 1.29 is 9.36 Å². The second-order valence-corrected chi connectivity index (χ2v) is 5.31. The summed E-state index contributed by atoms with van der Waals surface area (Å²) in [5.74, 6) is 0.761. The number of carbonyl (C=O) groups is 1. The lowest BCUT2D eigenvalue weighted by Crippen LogP contribution is -2.40. The summed E-state index contributed by atoms with van der Waals surface area (Å²) in [6, 6.07) is 8.06. The molecule has 114 valence electrons. The highest BCUT2D eigenvalue weighted by Crippen LogP contribution is 2.16. The maximum Gasteiger partial charge on any atom is 0.356 e. The van der Waals surface area contributed by atoms with Gasteiger partial charge in [-0.05, 0) is 32.1 Å². The molecular formula is C16H25N4O+. The van der Waals surface area contributed by atoms with Gasteiger partial charge in [0.05, 0.1) is 6.54 Å². The number of Topliss-reactive ketones (excluding diaryl/α,β-unsaturated/α-hetero) is 1. The van der Waals surface area contributed by atoms with Crippen LogP contribution in [-0.2, 0) is 17.9 Å². The topological polar surface area (TPSA) is 55.1 Å². The zero-order valence-electron chi connectivity index (χ0n) is 13.2. The standard InChI is InChI=1S/C16H24N4O/c1-4-18(5-2)10-11-19-14-8-6-7-9-15(14)20(16(19)17)12-13(3)21/h6-9,17H,4-5,10-12H2,1-3H3/p+1. The lowest BCUT2D eigenvalue weighted by molar-refractivity contribution is -0.644. The molecule has 1 aromatic carbocycles. The number of para-hydroxylation sites is 2. The van der Waals surface area contributed by atoms with Gasteiger partial charge in [0.1, 0.15) is 17.6 Å². The molecule has 0 unspecified atom stereocenters. The fraction of sp³-hybridized carbons (Fsp3) is 0.500. The highest BCUT2D eigenvalue weighted by atomic mass is 16.1. The first kappa shape index (κ1) is 15.5. The van der Waals surface area contributed by atoms with Gasteiger partial charge in [-0.15, -0.1) is 0 Å². The van der Waals surface area contributed by atoms with Crippen molar-refractivity contribution in [3.05, 3.63) is 24.3 Å². The van der Waals surface area contributed by atoms with Gasteiger partial charge in [-0.2, -0.15) is 0 Å². The van der Waals surface area contributed by atoms with E-state index in [1.54, 1.807) is 6.92 Å². The van der Waals surface area contributed by atoms with E-state index < -0.39 is 0 Å². The quantitative estimate of drug-likeness (QED) is 0.785. The Kier molecular flexibility index (Phi) is 4.96. The van der Waals surface area contributed by atoms with Gasteiger partial charge in [0.15, 0.2) is 5.78 Å². The van der Waals surface area contributed by atoms with E-state index in [9.17, 15) is 4.79 Å². The molecular weight excluding hydrogens is 264 g/mol. The number of nitrogens with two attached hydrogens (primary N) is 1. The van der Waals surface area contributed by atoms with Crippen molar-refractivity contribution in [2.45, 2.75) is 33.9 Å². The number of benzene rings is 1. The van der Waals surface area contributed by atoms with Gasteiger partial charge in [0.2, 0.25) is 0 Å². The molecule has 0 amide bonds. The van der Waals surface area contributed by atoms with E-state index in [-0.39, 0.29) is 5.78 Å². The zero-order chi connectivity index (χ0) is 15.4. The van der Waals surface area contributed by atoms with E-state index in [2.05, 4.69) is 29.4 Å². The number of likely N-dealkylation sites (N-methyl/N-ethyl adjacent to an activating group) is 1. The van der Waals surface area contributed by atoms with Gasteiger partial charge in [-0.3, -0.25) is 10.5 Å². The summed E-state index contributed by atoms with van der Waals surface area (Å²) in [5.41, 5.74) is 8.39. The minimum Gasteiger partial charge on any atom is -0.301 e. The molecule has 2 aromatic rings. The largest absolute Gasteiger partial charge is 0.356 e. The molecule has 0 bridgehead atoms. The van der Waals surface area contributed by atoms with Crippen LogP contribution >= 0.6 is 0 Å². The van der Waals surface area contributed by atoms with E-state index in [0.29, 0.717) is 12.5 Å². The van der Waals surface area contributed by atoms with Crippen LogP contribution in [0.1, 0.15) is 20.8 Å². The average Bonchev–Trinajstić information content (AvgIpc) is 2.73. The maximum absolute atomic E-state index is 11.5. The first-order valence-electron chi connectivity index (χ1n) is 7.56. The lowest BCUT2D eigenvalue weighted by atomic mass is 10.3. The van der Waals surface area contributed by atoms with Crippen LogP contribution in [0, 0.1) is 0 Å². The Morgan fingerprint density at radius 2 is 1.95 bits per heavy atom. The van der Waals surface area contributed by atoms with E-state index >= 15 is 0 Å². The minimum absolute atomic E-state index is 0.110. The van der Waals surface area contributed by atoms with Gasteiger partial charge >= 0.3 is 5.95 Å². The molecule has 0 atom stereocenters. The maximum atomic E-state index is 11.5. The van der Waals surface area contributed by atoms with Crippen LogP contribution in [0.2, 0.25) is 0 Å². The number of ketones is 1. The number of anilines is 1. The first-order chi connectivity index (χ1) is 10.1. The summed E-state index contributed by atoms with van der Waals surface area (Å²) < 4.78 is 4.01. The number of nitrogens with zero attached hydrogens (tertiary/aromatic N) is 3. The smallest absolute Gasteiger partial charge is 0.301 e. The van der Waals surface area contributed by atoms with Gasteiger partial charge in [0, 0.05) is 6.54 Å². The fourth-order valence-corrected chi connectivity index (χ4v) is 2.72. The molecule has 0 aliphatic heterocycles. The number of fused-ring (bicyclic) bond motifs is 1. The van der Waals surface area contributed by atoms with Crippen LogP contribution < -0.4 is 10.3 Å². The number of hydrogen-bond acceptors (Lipinski definition) is 3. The van der Waals surface area contributed by atoms with E-state index in [1.807, 2.05) is 22.8 Å². The summed E-state index contributed by atoms with van der Waals surface area (Å²) in [6.45, 7) is 10.1. The molecule has 0 saturated heterocycles. The van der Waals surface area contributed by atoms with Crippen LogP contribution in [0.3, 0.4) is 0 Å². The second kappa shape index (κ2) is 6.72. The minimum atomic E-state index is 0.110. The number of rotatable bonds is 7. The molecule has 0 saturated carbocycles. The molecule has 2 N–H and O–H groups in total. The lowest BCUT2D eigenvalue weighted by Gasteiger charge is -2.17. The van der Waals surface area contributed by atoms with Crippen molar-refractivity contribution >= 4 is 22.8 Å². The normalized spacial score (nSPS) is 11.4. The molecule has 1 aromatic heterocycles. The van der Waals surface area contributed by atoms with Crippen molar-refractivity contribution in [3.63, 3.8) is 0 Å². The second-order valence-electron chi connectivity index (χ2n) is 5.31. The molecule has 21 heavy (non-hydrogen) atoms. The predicted molar refractivity (Wildman–Crippen MR) is 85.0 cm³/mol. The molecule has 2 rings (SSSR count). The van der Waals surface area contributed by atoms with Crippen molar-refractivity contribution in [1.29, 1.82) is 0 Å². The Bertz CT molecular complexity index is 628. The van der Waals surface area contributed by atoms with Crippen LogP contribution in [0.4, 0.5) is 5.95 Å². The molecule has 0 fully saturated rings. The van der Waals surface area contributed by atoms with Crippen LogP contribution in [-0.4, -0.2) is 34.9 Å².